The van der Waals surface area contributed by atoms with Crippen LogP contribution in [0.4, 0.5) is 0 Å². The van der Waals surface area contributed by atoms with Crippen LogP contribution in [0.5, 0.6) is 0 Å². The number of carbonyl (C=O) groups is 4. The number of allylic oxidation sites excluding steroid dienone is 4. The summed E-state index contributed by atoms with van der Waals surface area (Å²) < 4.78 is 65.0. The van der Waals surface area contributed by atoms with Crippen LogP contribution < -0.4 is 0 Å². The van der Waals surface area contributed by atoms with Gasteiger partial charge in [-0.15, -0.1) is 0 Å². The number of carbonyl (C=O) groups excluding carboxylic acids is 4. The van der Waals surface area contributed by atoms with Gasteiger partial charge < -0.3 is 9.11 Å². The van der Waals surface area contributed by atoms with Gasteiger partial charge in [0.1, 0.15) is 40.4 Å². The van der Waals surface area contributed by atoms with E-state index in [2.05, 4.69) is 0 Å². The SMILES string of the molecule is O=C1C(Cl)=C(Cl)C(=O)c2cc(S(=O)(=O)[O-])ccc21.O=C1C(Cl)=C(Cl)C(=O)c2cc(S(=O)(=O)[O-])ccc21.[Ba+2]. The minimum absolute atomic E-state index is 0. The first kappa shape index (κ1) is 32.4. The average Bonchev–Trinajstić information content (AvgIpc) is 2.82. The number of fused-ring (bicyclic) bond motifs is 2. The van der Waals surface area contributed by atoms with Crippen molar-refractivity contribution in [2.75, 3.05) is 0 Å². The van der Waals surface area contributed by atoms with Crippen molar-refractivity contribution in [3.8, 4) is 0 Å². The standard InChI is InChI=1S/2C10H4Cl2O5S.Ba/c2*11-7-8(12)10(14)6-3-4(18(15,16)17)1-2-5(6)9(7)13;/h2*1-3H,(H,15,16,17);/q;;+2/p-2. The number of Topliss-reactive ketones (excluding diaryl/α,β-unsaturated/α-hetero) is 4. The van der Waals surface area contributed by atoms with Gasteiger partial charge in [0.25, 0.3) is 0 Å². The van der Waals surface area contributed by atoms with Gasteiger partial charge in [0.15, 0.2) is 0 Å². The van der Waals surface area contributed by atoms with E-state index in [4.69, 9.17) is 46.4 Å². The van der Waals surface area contributed by atoms with Gasteiger partial charge in [-0.05, 0) is 36.4 Å². The van der Waals surface area contributed by atoms with Crippen LogP contribution >= 0.6 is 46.4 Å². The fraction of sp³-hybridized carbons (Fsp3) is 0. The Kier molecular flexibility index (Phi) is 10.2. The summed E-state index contributed by atoms with van der Waals surface area (Å²) in [5, 5.41) is -1.83. The summed E-state index contributed by atoms with van der Waals surface area (Å²) in [6.45, 7) is 0. The molecule has 2 aromatic carbocycles. The average molecular weight is 750 g/mol. The Morgan fingerprint density at radius 1 is 0.486 bits per heavy atom. The van der Waals surface area contributed by atoms with Crippen molar-refractivity contribution in [3.63, 3.8) is 0 Å². The van der Waals surface area contributed by atoms with Gasteiger partial charge in [-0.2, -0.15) is 0 Å². The van der Waals surface area contributed by atoms with Crippen molar-refractivity contribution in [2.24, 2.45) is 0 Å². The molecular weight excluding hydrogens is 743 g/mol. The number of hydrogen-bond acceptors (Lipinski definition) is 10. The minimum Gasteiger partial charge on any atom is -0.744 e. The molecule has 0 unspecified atom stereocenters. The van der Waals surface area contributed by atoms with Crippen LogP contribution in [0.1, 0.15) is 41.4 Å². The normalized spacial score (nSPS) is 15.5. The Labute approximate surface area is 269 Å². The molecule has 0 radical (unpaired) electrons. The van der Waals surface area contributed by atoms with Crippen molar-refractivity contribution in [2.45, 2.75) is 9.79 Å². The second kappa shape index (κ2) is 11.7. The van der Waals surface area contributed by atoms with Crippen LogP contribution in [0.2, 0.25) is 0 Å². The molecule has 4 rings (SSSR count). The molecule has 10 nitrogen and oxygen atoms in total. The Bertz CT molecular complexity index is 1570. The Morgan fingerprint density at radius 3 is 0.973 bits per heavy atom. The van der Waals surface area contributed by atoms with E-state index >= 15 is 0 Å². The predicted octanol–water partition coefficient (Wildman–Crippen LogP) is 2.94. The van der Waals surface area contributed by atoms with Crippen molar-refractivity contribution < 1.29 is 45.1 Å². The summed E-state index contributed by atoms with van der Waals surface area (Å²) in [6.07, 6.45) is 0. The largest absolute Gasteiger partial charge is 2.00 e. The number of rotatable bonds is 2. The maximum absolute atomic E-state index is 11.7. The molecular formula is C20H6BaCl4O10S2. The maximum atomic E-state index is 11.7. The van der Waals surface area contributed by atoms with Gasteiger partial charge in [-0.1, -0.05) is 46.4 Å². The zero-order valence-corrected chi connectivity index (χ0v) is 26.7. The van der Waals surface area contributed by atoms with Crippen molar-refractivity contribution in [1.29, 1.82) is 0 Å². The fourth-order valence-electron chi connectivity index (χ4n) is 3.00. The summed E-state index contributed by atoms with van der Waals surface area (Å²) in [6, 6.07) is 5.65. The van der Waals surface area contributed by atoms with E-state index in [9.17, 15) is 45.1 Å². The third kappa shape index (κ3) is 6.49. The Morgan fingerprint density at radius 2 is 0.730 bits per heavy atom. The van der Waals surface area contributed by atoms with Crippen LogP contribution in [0.15, 0.2) is 66.3 Å². The molecule has 17 heteroatoms. The smallest absolute Gasteiger partial charge is 0.744 e. The molecule has 0 saturated carbocycles. The molecule has 0 saturated heterocycles. The summed E-state index contributed by atoms with van der Waals surface area (Å²) in [7, 11) is -9.43. The second-order valence-corrected chi connectivity index (χ2v) is 11.2. The first-order valence-corrected chi connectivity index (χ1v) is 13.3. The molecule has 0 amide bonds. The molecule has 188 valence electrons. The van der Waals surface area contributed by atoms with E-state index in [1.165, 1.54) is 0 Å². The molecule has 0 fully saturated rings. The number of benzene rings is 2. The van der Waals surface area contributed by atoms with Crippen LogP contribution in [-0.2, 0) is 20.2 Å². The zero-order valence-electron chi connectivity index (χ0n) is 17.6. The minimum atomic E-state index is -4.71. The fourth-order valence-corrected chi connectivity index (χ4v) is 4.75. The van der Waals surface area contributed by atoms with E-state index in [-0.39, 0.29) is 71.1 Å². The number of halogens is 4. The maximum Gasteiger partial charge on any atom is 2.00 e. The van der Waals surface area contributed by atoms with Gasteiger partial charge in [0.2, 0.25) is 23.1 Å². The number of ketones is 4. The van der Waals surface area contributed by atoms with Gasteiger partial charge in [0.05, 0.1) is 9.79 Å². The van der Waals surface area contributed by atoms with Crippen molar-refractivity contribution in [1.82, 2.24) is 0 Å². The van der Waals surface area contributed by atoms with Gasteiger partial charge in [-0.25, -0.2) is 16.8 Å². The molecule has 0 heterocycles. The molecule has 0 spiro atoms. The Hall–Kier alpha value is -0.849. The summed E-state index contributed by atoms with van der Waals surface area (Å²) in [5.74, 6) is -2.96. The third-order valence-corrected chi connectivity index (χ3v) is 8.02. The predicted molar refractivity (Wildman–Crippen MR) is 129 cm³/mol. The summed E-state index contributed by atoms with van der Waals surface area (Å²) in [5.41, 5.74) is -0.652. The van der Waals surface area contributed by atoms with E-state index < -0.39 is 73.3 Å². The van der Waals surface area contributed by atoms with Crippen LogP contribution in [0.3, 0.4) is 0 Å². The summed E-state index contributed by atoms with van der Waals surface area (Å²) >= 11 is 22.2. The van der Waals surface area contributed by atoms with Gasteiger partial charge in [0, 0.05) is 22.3 Å². The number of hydrogen-bond donors (Lipinski definition) is 0. The molecule has 0 atom stereocenters. The van der Waals surface area contributed by atoms with E-state index in [1.807, 2.05) is 0 Å². The van der Waals surface area contributed by atoms with Gasteiger partial charge in [-0.3, -0.25) is 19.2 Å². The summed E-state index contributed by atoms with van der Waals surface area (Å²) in [4.78, 5) is 45.6. The second-order valence-electron chi connectivity index (χ2n) is 6.90. The van der Waals surface area contributed by atoms with Crippen molar-refractivity contribution >= 4 is 139 Å². The molecule has 2 aliphatic carbocycles. The molecule has 0 aromatic heterocycles. The van der Waals surface area contributed by atoms with Crippen molar-refractivity contribution in [3.05, 3.63) is 78.8 Å². The molecule has 2 aromatic rings. The third-order valence-electron chi connectivity index (χ3n) is 4.72. The molecule has 0 aliphatic heterocycles. The molecule has 37 heavy (non-hydrogen) atoms. The Balaban J connectivity index is 0.000000253. The van der Waals surface area contributed by atoms with Crippen LogP contribution in [0.25, 0.3) is 0 Å². The van der Waals surface area contributed by atoms with Crippen LogP contribution in [0, 0.1) is 0 Å². The van der Waals surface area contributed by atoms with Gasteiger partial charge >= 0.3 is 48.9 Å². The molecule has 0 bridgehead atoms. The molecule has 0 N–H and O–H groups in total. The zero-order chi connectivity index (χ0) is 27.3. The quantitative estimate of drug-likeness (QED) is 0.327. The molecule has 2 aliphatic rings. The van der Waals surface area contributed by atoms with E-state index in [1.54, 1.807) is 0 Å². The first-order chi connectivity index (χ1) is 16.5. The van der Waals surface area contributed by atoms with E-state index in [0.717, 1.165) is 36.4 Å². The van der Waals surface area contributed by atoms with Crippen LogP contribution in [-0.4, -0.2) is 98.0 Å². The first-order valence-electron chi connectivity index (χ1n) is 8.96. The monoisotopic (exact) mass is 748 g/mol. The van der Waals surface area contributed by atoms with E-state index in [0.29, 0.717) is 0 Å². The topological polar surface area (TPSA) is 183 Å².